The summed E-state index contributed by atoms with van der Waals surface area (Å²) >= 11 is 0. The number of hydrogen-bond acceptors (Lipinski definition) is 2. The van der Waals surface area contributed by atoms with Gasteiger partial charge in [-0.25, -0.2) is 0 Å². The molecule has 18 heavy (non-hydrogen) atoms. The second-order valence-electron chi connectivity index (χ2n) is 6.24. The first-order chi connectivity index (χ1) is 8.61. The van der Waals surface area contributed by atoms with Crippen LogP contribution < -0.4 is 5.32 Å². The molecular weight excluding hydrogens is 222 g/mol. The number of nitrogens with one attached hydrogen (secondary N) is 1. The van der Waals surface area contributed by atoms with Crippen LogP contribution in [-0.4, -0.2) is 22.4 Å². The molecule has 0 spiro atoms. The van der Waals surface area contributed by atoms with E-state index in [0.29, 0.717) is 5.41 Å². The molecule has 102 valence electrons. The van der Waals surface area contributed by atoms with Crippen molar-refractivity contribution in [2.24, 2.45) is 12.5 Å². The van der Waals surface area contributed by atoms with Crippen LogP contribution in [0.1, 0.15) is 51.5 Å². The van der Waals surface area contributed by atoms with Gasteiger partial charge in [-0.2, -0.15) is 5.10 Å². The van der Waals surface area contributed by atoms with Gasteiger partial charge in [-0.3, -0.25) is 4.68 Å². The van der Waals surface area contributed by atoms with E-state index in [-0.39, 0.29) is 0 Å². The van der Waals surface area contributed by atoms with E-state index in [2.05, 4.69) is 30.5 Å². The second kappa shape index (κ2) is 5.87. The molecule has 1 saturated carbocycles. The molecule has 1 aromatic rings. The van der Waals surface area contributed by atoms with Crippen LogP contribution in [0.15, 0.2) is 12.4 Å². The van der Waals surface area contributed by atoms with Crippen LogP contribution in [0.4, 0.5) is 0 Å². The van der Waals surface area contributed by atoms with Crippen molar-refractivity contribution < 1.29 is 0 Å². The predicted octanol–water partition coefficient (Wildman–Crippen LogP) is 2.91. The summed E-state index contributed by atoms with van der Waals surface area (Å²) in [5.41, 5.74) is 1.80. The Morgan fingerprint density at radius 2 is 2.22 bits per heavy atom. The zero-order valence-corrected chi connectivity index (χ0v) is 12.1. The van der Waals surface area contributed by atoms with Gasteiger partial charge in [0.1, 0.15) is 0 Å². The predicted molar refractivity (Wildman–Crippen MR) is 75.6 cm³/mol. The zero-order valence-electron chi connectivity index (χ0n) is 12.1. The largest absolute Gasteiger partial charge is 0.313 e. The van der Waals surface area contributed by atoms with E-state index in [4.69, 9.17) is 0 Å². The van der Waals surface area contributed by atoms with E-state index in [1.807, 2.05) is 17.9 Å². The van der Waals surface area contributed by atoms with Gasteiger partial charge >= 0.3 is 0 Å². The zero-order chi connectivity index (χ0) is 13.0. The number of aryl methyl sites for hydroxylation is 2. The van der Waals surface area contributed by atoms with Crippen LogP contribution in [0.2, 0.25) is 0 Å². The molecule has 3 nitrogen and oxygen atoms in total. The van der Waals surface area contributed by atoms with Gasteiger partial charge in [0, 0.05) is 25.8 Å². The van der Waals surface area contributed by atoms with Crippen molar-refractivity contribution in [1.29, 1.82) is 0 Å². The third kappa shape index (κ3) is 4.13. The smallest absolute Gasteiger partial charge is 0.0521 e. The minimum absolute atomic E-state index is 0.438. The first-order valence-corrected chi connectivity index (χ1v) is 7.32. The van der Waals surface area contributed by atoms with E-state index in [0.717, 1.165) is 12.5 Å². The van der Waals surface area contributed by atoms with Crippen molar-refractivity contribution in [2.45, 2.75) is 58.4 Å². The lowest BCUT2D eigenvalue weighted by Crippen LogP contribution is -2.33. The molecule has 2 rings (SSSR count). The van der Waals surface area contributed by atoms with E-state index in [1.165, 1.54) is 44.2 Å². The highest BCUT2D eigenvalue weighted by Crippen LogP contribution is 2.30. The fraction of sp³-hybridized carbons (Fsp3) is 0.800. The highest BCUT2D eigenvalue weighted by Gasteiger charge is 2.27. The van der Waals surface area contributed by atoms with Crippen LogP contribution in [0.3, 0.4) is 0 Å². The standard InChI is InChI=1S/C15H27N3/c1-4-8-15(2,12-16-14-5-6-14)9-7-13-10-17-18(3)11-13/h10-11,14,16H,4-9,12H2,1-3H3. The summed E-state index contributed by atoms with van der Waals surface area (Å²) in [6.45, 7) is 5.90. The molecule has 1 unspecified atom stereocenters. The fourth-order valence-corrected chi connectivity index (χ4v) is 2.63. The van der Waals surface area contributed by atoms with Crippen molar-refractivity contribution in [3.05, 3.63) is 18.0 Å². The van der Waals surface area contributed by atoms with E-state index in [9.17, 15) is 0 Å². The van der Waals surface area contributed by atoms with Gasteiger partial charge in [-0.15, -0.1) is 0 Å². The Labute approximate surface area is 111 Å². The molecule has 3 heteroatoms. The maximum atomic E-state index is 4.25. The van der Waals surface area contributed by atoms with Crippen LogP contribution in [0.5, 0.6) is 0 Å². The van der Waals surface area contributed by atoms with Gasteiger partial charge < -0.3 is 5.32 Å². The number of aromatic nitrogens is 2. The van der Waals surface area contributed by atoms with E-state index < -0.39 is 0 Å². The number of hydrogen-bond donors (Lipinski definition) is 1. The number of nitrogens with zero attached hydrogens (tertiary/aromatic N) is 2. The summed E-state index contributed by atoms with van der Waals surface area (Å²) in [4.78, 5) is 0. The van der Waals surface area contributed by atoms with Gasteiger partial charge in [-0.1, -0.05) is 20.3 Å². The third-order valence-corrected chi connectivity index (χ3v) is 4.02. The molecular formula is C15H27N3. The molecule has 0 radical (unpaired) electrons. The summed E-state index contributed by atoms with van der Waals surface area (Å²) in [6.07, 6.45) is 11.9. The maximum Gasteiger partial charge on any atom is 0.0521 e. The van der Waals surface area contributed by atoms with Crippen molar-refractivity contribution in [3.8, 4) is 0 Å². The Hall–Kier alpha value is -0.830. The molecule has 0 amide bonds. The lowest BCUT2D eigenvalue weighted by atomic mass is 9.80. The molecule has 1 aromatic heterocycles. The first-order valence-electron chi connectivity index (χ1n) is 7.32. The molecule has 1 aliphatic carbocycles. The van der Waals surface area contributed by atoms with Crippen LogP contribution in [0, 0.1) is 5.41 Å². The molecule has 0 aliphatic heterocycles. The summed E-state index contributed by atoms with van der Waals surface area (Å²) in [6, 6.07) is 0.819. The van der Waals surface area contributed by atoms with E-state index in [1.54, 1.807) is 0 Å². The van der Waals surface area contributed by atoms with Gasteiger partial charge in [-0.05, 0) is 43.1 Å². The lowest BCUT2D eigenvalue weighted by molar-refractivity contribution is 0.255. The van der Waals surface area contributed by atoms with Crippen LogP contribution >= 0.6 is 0 Å². The average molecular weight is 249 g/mol. The van der Waals surface area contributed by atoms with Crippen molar-refractivity contribution in [2.75, 3.05) is 6.54 Å². The molecule has 1 aliphatic rings. The first kappa shape index (κ1) is 13.6. The van der Waals surface area contributed by atoms with Gasteiger partial charge in [0.2, 0.25) is 0 Å². The topological polar surface area (TPSA) is 29.9 Å². The Kier molecular flexibility index (Phi) is 4.44. The minimum atomic E-state index is 0.438. The molecule has 1 atom stereocenters. The molecule has 1 fully saturated rings. The third-order valence-electron chi connectivity index (χ3n) is 4.02. The quantitative estimate of drug-likeness (QED) is 0.767. The molecule has 0 aromatic carbocycles. The van der Waals surface area contributed by atoms with Gasteiger partial charge in [0.05, 0.1) is 6.20 Å². The molecule has 0 saturated heterocycles. The normalized spacial score (nSPS) is 18.8. The van der Waals surface area contributed by atoms with Gasteiger partial charge in [0.25, 0.3) is 0 Å². The van der Waals surface area contributed by atoms with Crippen LogP contribution in [-0.2, 0) is 13.5 Å². The number of rotatable bonds is 8. The van der Waals surface area contributed by atoms with Crippen LogP contribution in [0.25, 0.3) is 0 Å². The lowest BCUT2D eigenvalue weighted by Gasteiger charge is -2.30. The summed E-state index contributed by atoms with van der Waals surface area (Å²) in [5.74, 6) is 0. The van der Waals surface area contributed by atoms with Gasteiger partial charge in [0.15, 0.2) is 0 Å². The SMILES string of the molecule is CCCC(C)(CCc1cnn(C)c1)CNC1CC1. The monoisotopic (exact) mass is 249 g/mol. The van der Waals surface area contributed by atoms with Crippen molar-refractivity contribution in [1.82, 2.24) is 15.1 Å². The molecule has 0 bridgehead atoms. The minimum Gasteiger partial charge on any atom is -0.313 e. The van der Waals surface area contributed by atoms with E-state index >= 15 is 0 Å². The highest BCUT2D eigenvalue weighted by atomic mass is 15.2. The van der Waals surface area contributed by atoms with Crippen molar-refractivity contribution in [3.63, 3.8) is 0 Å². The van der Waals surface area contributed by atoms with Crippen molar-refractivity contribution >= 4 is 0 Å². The summed E-state index contributed by atoms with van der Waals surface area (Å²) < 4.78 is 1.90. The maximum absolute atomic E-state index is 4.25. The highest BCUT2D eigenvalue weighted by molar-refractivity contribution is 5.04. The Balaban J connectivity index is 1.83. The Morgan fingerprint density at radius 3 is 2.78 bits per heavy atom. The fourth-order valence-electron chi connectivity index (χ4n) is 2.63. The second-order valence-corrected chi connectivity index (χ2v) is 6.24. The Morgan fingerprint density at radius 1 is 1.44 bits per heavy atom. The molecule has 1 heterocycles. The molecule has 1 N–H and O–H groups in total. The summed E-state index contributed by atoms with van der Waals surface area (Å²) in [5, 5.41) is 7.95. The summed E-state index contributed by atoms with van der Waals surface area (Å²) in [7, 11) is 1.99. The Bertz CT molecular complexity index is 368. The average Bonchev–Trinajstić information content (AvgIpc) is 3.07.